The maximum atomic E-state index is 12.1. The zero-order valence-electron chi connectivity index (χ0n) is 9.75. The molecule has 2 aromatic rings. The molecule has 7 heteroatoms. The Kier molecular flexibility index (Phi) is 3.39. The van der Waals surface area contributed by atoms with E-state index in [0.29, 0.717) is 28.4 Å². The lowest BCUT2D eigenvalue weighted by Crippen LogP contribution is -2.27. The summed E-state index contributed by atoms with van der Waals surface area (Å²) in [6.45, 7) is 0.384. The number of fused-ring (bicyclic) bond motifs is 1. The van der Waals surface area contributed by atoms with Gasteiger partial charge in [-0.05, 0) is 6.07 Å². The van der Waals surface area contributed by atoms with Crippen molar-refractivity contribution in [2.24, 2.45) is 0 Å². The first-order valence-electron chi connectivity index (χ1n) is 5.27. The fourth-order valence-electron chi connectivity index (χ4n) is 1.52. The molecule has 0 saturated heterocycles. The van der Waals surface area contributed by atoms with E-state index in [1.807, 2.05) is 6.07 Å². The van der Waals surface area contributed by atoms with Gasteiger partial charge >= 0.3 is 0 Å². The lowest BCUT2D eigenvalue weighted by Gasteiger charge is -2.14. The van der Waals surface area contributed by atoms with Gasteiger partial charge in [-0.15, -0.1) is 16.4 Å². The molecule has 0 saturated carbocycles. The Morgan fingerprint density at radius 2 is 2.44 bits per heavy atom. The Bertz CT molecular complexity index is 630. The SMILES string of the molecule is CN(CCC#N)C(=O)c1sc2nnccc2c1N. The third-order valence-electron chi connectivity index (χ3n) is 2.52. The van der Waals surface area contributed by atoms with Crippen molar-refractivity contribution in [1.82, 2.24) is 15.1 Å². The Balaban J connectivity index is 2.34. The molecule has 2 aromatic heterocycles. The van der Waals surface area contributed by atoms with E-state index in [2.05, 4.69) is 10.2 Å². The van der Waals surface area contributed by atoms with E-state index in [9.17, 15) is 4.79 Å². The normalized spacial score (nSPS) is 10.2. The minimum atomic E-state index is -0.189. The zero-order chi connectivity index (χ0) is 13.1. The number of nitrogens with two attached hydrogens (primary N) is 1. The Morgan fingerprint density at radius 3 is 3.11 bits per heavy atom. The van der Waals surface area contributed by atoms with E-state index < -0.39 is 0 Å². The van der Waals surface area contributed by atoms with Crippen LogP contribution in [0.25, 0.3) is 10.2 Å². The van der Waals surface area contributed by atoms with E-state index in [1.165, 1.54) is 16.2 Å². The van der Waals surface area contributed by atoms with Crippen LogP contribution in [-0.4, -0.2) is 34.6 Å². The highest BCUT2D eigenvalue weighted by Gasteiger charge is 2.20. The summed E-state index contributed by atoms with van der Waals surface area (Å²) in [7, 11) is 1.65. The molecule has 0 aliphatic heterocycles. The smallest absolute Gasteiger partial charge is 0.265 e. The molecule has 92 valence electrons. The van der Waals surface area contributed by atoms with E-state index in [0.717, 1.165) is 5.39 Å². The minimum Gasteiger partial charge on any atom is -0.397 e. The second-order valence-corrected chi connectivity index (χ2v) is 4.73. The van der Waals surface area contributed by atoms with Gasteiger partial charge in [-0.3, -0.25) is 4.79 Å². The molecule has 2 heterocycles. The number of hydrogen-bond acceptors (Lipinski definition) is 6. The summed E-state index contributed by atoms with van der Waals surface area (Å²) in [5, 5.41) is 16.9. The van der Waals surface area contributed by atoms with Crippen molar-refractivity contribution < 1.29 is 4.79 Å². The topological polar surface area (TPSA) is 95.9 Å². The molecule has 6 nitrogen and oxygen atoms in total. The van der Waals surface area contributed by atoms with Gasteiger partial charge in [0.25, 0.3) is 5.91 Å². The van der Waals surface area contributed by atoms with E-state index in [4.69, 9.17) is 11.0 Å². The highest BCUT2D eigenvalue weighted by molar-refractivity contribution is 7.21. The fraction of sp³-hybridized carbons (Fsp3) is 0.273. The Hall–Kier alpha value is -2.20. The predicted molar refractivity (Wildman–Crippen MR) is 69.0 cm³/mol. The lowest BCUT2D eigenvalue weighted by atomic mass is 10.2. The fourth-order valence-corrected chi connectivity index (χ4v) is 2.56. The zero-order valence-corrected chi connectivity index (χ0v) is 10.6. The number of hydrogen-bond donors (Lipinski definition) is 1. The summed E-state index contributed by atoms with van der Waals surface area (Å²) in [4.78, 5) is 14.7. The number of nitrogens with zero attached hydrogens (tertiary/aromatic N) is 4. The van der Waals surface area contributed by atoms with Crippen LogP contribution >= 0.6 is 11.3 Å². The van der Waals surface area contributed by atoms with Crippen LogP contribution in [0.4, 0.5) is 5.69 Å². The molecule has 0 aliphatic carbocycles. The van der Waals surface area contributed by atoms with Gasteiger partial charge in [0.05, 0.1) is 24.4 Å². The average Bonchev–Trinajstić information content (AvgIpc) is 2.73. The van der Waals surface area contributed by atoms with Crippen LogP contribution in [0, 0.1) is 11.3 Å². The molecule has 2 rings (SSSR count). The van der Waals surface area contributed by atoms with Crippen molar-refractivity contribution in [3.63, 3.8) is 0 Å². The van der Waals surface area contributed by atoms with Crippen LogP contribution in [0.15, 0.2) is 12.3 Å². The summed E-state index contributed by atoms with van der Waals surface area (Å²) >= 11 is 1.22. The standard InChI is InChI=1S/C11H11N5OS/c1-16(6-2-4-12)11(17)9-8(13)7-3-5-14-15-10(7)18-9/h3,5H,2,6,13H2,1H3. The van der Waals surface area contributed by atoms with Crippen LogP contribution in [-0.2, 0) is 0 Å². The van der Waals surface area contributed by atoms with Crippen LogP contribution in [0.3, 0.4) is 0 Å². The molecule has 18 heavy (non-hydrogen) atoms. The second-order valence-electron chi connectivity index (χ2n) is 3.73. The maximum Gasteiger partial charge on any atom is 0.265 e. The van der Waals surface area contributed by atoms with Crippen molar-refractivity contribution in [2.45, 2.75) is 6.42 Å². The number of nitriles is 1. The van der Waals surface area contributed by atoms with E-state index in [1.54, 1.807) is 19.3 Å². The molecule has 0 spiro atoms. The van der Waals surface area contributed by atoms with E-state index >= 15 is 0 Å². The molecule has 0 unspecified atom stereocenters. The summed E-state index contributed by atoms with van der Waals surface area (Å²) in [5.74, 6) is -0.189. The molecule has 0 aromatic carbocycles. The number of carbonyl (C=O) groups is 1. The van der Waals surface area contributed by atoms with Crippen LogP contribution in [0.5, 0.6) is 0 Å². The predicted octanol–water partition coefficient (Wildman–Crippen LogP) is 1.26. The third-order valence-corrected chi connectivity index (χ3v) is 3.61. The van der Waals surface area contributed by atoms with Crippen molar-refractivity contribution in [2.75, 3.05) is 19.3 Å². The first-order chi connectivity index (χ1) is 8.65. The maximum absolute atomic E-state index is 12.1. The molecule has 0 radical (unpaired) electrons. The molecule has 0 bridgehead atoms. The van der Waals surface area contributed by atoms with Crippen LogP contribution in [0.2, 0.25) is 0 Å². The van der Waals surface area contributed by atoms with Gasteiger partial charge in [-0.1, -0.05) is 0 Å². The van der Waals surface area contributed by atoms with Gasteiger partial charge in [0.1, 0.15) is 9.71 Å². The molecule has 0 aliphatic rings. The van der Waals surface area contributed by atoms with E-state index in [-0.39, 0.29) is 5.91 Å². The Morgan fingerprint density at radius 1 is 1.67 bits per heavy atom. The molecule has 2 N–H and O–H groups in total. The first-order valence-corrected chi connectivity index (χ1v) is 6.09. The first kappa shape index (κ1) is 12.3. The molecular formula is C11H11N5OS. The highest BCUT2D eigenvalue weighted by Crippen LogP contribution is 2.32. The van der Waals surface area contributed by atoms with Gasteiger partial charge in [0.2, 0.25) is 0 Å². The van der Waals surface area contributed by atoms with Crippen molar-refractivity contribution in [3.05, 3.63) is 17.1 Å². The van der Waals surface area contributed by atoms with Crippen molar-refractivity contribution in [1.29, 1.82) is 5.26 Å². The van der Waals surface area contributed by atoms with Crippen LogP contribution in [0.1, 0.15) is 16.1 Å². The molecular weight excluding hydrogens is 250 g/mol. The number of anilines is 1. The second kappa shape index (κ2) is 4.98. The van der Waals surface area contributed by atoms with Gasteiger partial charge < -0.3 is 10.6 Å². The highest BCUT2D eigenvalue weighted by atomic mass is 32.1. The number of nitrogen functional groups attached to an aromatic ring is 1. The van der Waals surface area contributed by atoms with Gasteiger partial charge in [0, 0.05) is 19.0 Å². The molecule has 1 amide bonds. The Labute approximate surface area is 108 Å². The molecule has 0 fully saturated rings. The number of carbonyl (C=O) groups excluding carboxylic acids is 1. The average molecular weight is 261 g/mol. The third kappa shape index (κ3) is 2.10. The van der Waals surface area contributed by atoms with Crippen LogP contribution < -0.4 is 5.73 Å². The summed E-state index contributed by atoms with van der Waals surface area (Å²) < 4.78 is 0. The lowest BCUT2D eigenvalue weighted by molar-refractivity contribution is 0.0803. The summed E-state index contributed by atoms with van der Waals surface area (Å²) in [5.41, 5.74) is 6.37. The van der Waals surface area contributed by atoms with Gasteiger partial charge in [-0.2, -0.15) is 10.4 Å². The number of aromatic nitrogens is 2. The quantitative estimate of drug-likeness (QED) is 0.897. The molecule has 0 atom stereocenters. The number of amides is 1. The van der Waals surface area contributed by atoms with Crippen molar-refractivity contribution >= 4 is 33.1 Å². The number of thiophene rings is 1. The van der Waals surface area contributed by atoms with Crippen molar-refractivity contribution in [3.8, 4) is 6.07 Å². The summed E-state index contributed by atoms with van der Waals surface area (Å²) in [6.07, 6.45) is 1.84. The largest absolute Gasteiger partial charge is 0.397 e. The van der Waals surface area contributed by atoms with Gasteiger partial charge in [0.15, 0.2) is 0 Å². The number of rotatable bonds is 3. The van der Waals surface area contributed by atoms with Gasteiger partial charge in [-0.25, -0.2) is 0 Å². The monoisotopic (exact) mass is 261 g/mol. The minimum absolute atomic E-state index is 0.189. The summed E-state index contributed by atoms with van der Waals surface area (Å²) in [6, 6.07) is 3.74.